The molecule has 2 aliphatic rings. The van der Waals surface area contributed by atoms with E-state index in [-0.39, 0.29) is 17.9 Å². The van der Waals surface area contributed by atoms with Crippen molar-refractivity contribution in [2.75, 3.05) is 6.54 Å². The van der Waals surface area contributed by atoms with Gasteiger partial charge in [0.25, 0.3) is 5.91 Å². The van der Waals surface area contributed by atoms with Crippen LogP contribution in [0, 0.1) is 5.92 Å². The van der Waals surface area contributed by atoms with Crippen molar-refractivity contribution in [3.8, 4) is 0 Å². The molecule has 130 valence electrons. The van der Waals surface area contributed by atoms with Gasteiger partial charge in [0.2, 0.25) is 5.91 Å². The highest BCUT2D eigenvalue weighted by Crippen LogP contribution is 2.34. The summed E-state index contributed by atoms with van der Waals surface area (Å²) in [6, 6.07) is 7.36. The average molecular weight is 328 g/mol. The number of rotatable bonds is 5. The Morgan fingerprint density at radius 3 is 2.62 bits per heavy atom. The lowest BCUT2D eigenvalue weighted by Gasteiger charge is -2.29. The van der Waals surface area contributed by atoms with Crippen LogP contribution in [0.25, 0.3) is 0 Å². The maximum absolute atomic E-state index is 13.0. The lowest BCUT2D eigenvalue weighted by atomic mass is 9.95. The molecule has 1 aliphatic carbocycles. The normalized spacial score (nSPS) is 21.2. The lowest BCUT2D eigenvalue weighted by molar-refractivity contribution is -0.126. The Balaban J connectivity index is 1.80. The molecule has 1 saturated carbocycles. The van der Waals surface area contributed by atoms with Gasteiger partial charge in [0, 0.05) is 18.2 Å². The summed E-state index contributed by atoms with van der Waals surface area (Å²) < 4.78 is 0. The number of nitrogens with one attached hydrogen (secondary N) is 1. The molecular weight excluding hydrogens is 300 g/mol. The van der Waals surface area contributed by atoms with Crippen molar-refractivity contribution in [3.05, 3.63) is 35.4 Å². The van der Waals surface area contributed by atoms with Gasteiger partial charge in [0.15, 0.2) is 0 Å². The van der Waals surface area contributed by atoms with Crippen molar-refractivity contribution >= 4 is 11.8 Å². The highest BCUT2D eigenvalue weighted by atomic mass is 16.2. The number of carbonyl (C=O) groups is 2. The van der Waals surface area contributed by atoms with E-state index in [0.717, 1.165) is 24.8 Å². The zero-order chi connectivity index (χ0) is 17.1. The second-order valence-electron chi connectivity index (χ2n) is 7.51. The van der Waals surface area contributed by atoms with E-state index in [0.29, 0.717) is 18.0 Å². The maximum Gasteiger partial charge on any atom is 0.255 e. The fraction of sp³-hybridized carbons (Fsp3) is 0.600. The Bertz CT molecular complexity index is 605. The van der Waals surface area contributed by atoms with Crippen LogP contribution in [0.15, 0.2) is 24.3 Å². The van der Waals surface area contributed by atoms with Gasteiger partial charge >= 0.3 is 0 Å². The van der Waals surface area contributed by atoms with Gasteiger partial charge in [-0.05, 0) is 36.8 Å². The second-order valence-corrected chi connectivity index (χ2v) is 7.51. The van der Waals surface area contributed by atoms with E-state index in [1.54, 1.807) is 4.90 Å². The van der Waals surface area contributed by atoms with E-state index < -0.39 is 6.04 Å². The monoisotopic (exact) mass is 328 g/mol. The van der Waals surface area contributed by atoms with Crippen LogP contribution in [-0.4, -0.2) is 29.3 Å². The van der Waals surface area contributed by atoms with E-state index in [1.165, 1.54) is 19.3 Å². The van der Waals surface area contributed by atoms with Crippen LogP contribution < -0.4 is 5.32 Å². The summed E-state index contributed by atoms with van der Waals surface area (Å²) in [7, 11) is 0. The summed E-state index contributed by atoms with van der Waals surface area (Å²) in [5, 5.41) is 3.21. The van der Waals surface area contributed by atoms with Gasteiger partial charge in [-0.2, -0.15) is 0 Å². The highest BCUT2D eigenvalue weighted by Gasteiger charge is 2.41. The SMILES string of the molecule is CC(C)CCN1C(=O)c2ccccc2[C@@H]1C(=O)NC1CCCCC1. The first-order chi connectivity index (χ1) is 11.6. The van der Waals surface area contributed by atoms with Crippen molar-refractivity contribution < 1.29 is 9.59 Å². The number of benzene rings is 1. The summed E-state index contributed by atoms with van der Waals surface area (Å²) in [6.07, 6.45) is 6.65. The van der Waals surface area contributed by atoms with Crippen LogP contribution in [0.1, 0.15) is 74.3 Å². The second kappa shape index (κ2) is 7.37. The molecule has 1 aromatic rings. The zero-order valence-corrected chi connectivity index (χ0v) is 14.8. The van der Waals surface area contributed by atoms with Crippen molar-refractivity contribution in [3.63, 3.8) is 0 Å². The van der Waals surface area contributed by atoms with E-state index in [9.17, 15) is 9.59 Å². The van der Waals surface area contributed by atoms with Gasteiger partial charge in [-0.25, -0.2) is 0 Å². The maximum atomic E-state index is 13.0. The van der Waals surface area contributed by atoms with Crippen molar-refractivity contribution in [2.45, 2.75) is 64.5 Å². The van der Waals surface area contributed by atoms with Gasteiger partial charge in [0.05, 0.1) is 0 Å². The predicted octanol–water partition coefficient (Wildman–Crippen LogP) is 3.68. The smallest absolute Gasteiger partial charge is 0.255 e. The standard InChI is InChI=1S/C20H28N2O2/c1-14(2)12-13-22-18(16-10-6-7-11-17(16)20(22)24)19(23)21-15-8-4-3-5-9-15/h6-7,10-11,14-15,18H,3-5,8-9,12-13H2,1-2H3,(H,21,23)/t18-/m1/s1. The fourth-order valence-electron chi connectivity index (χ4n) is 3.81. The molecule has 4 nitrogen and oxygen atoms in total. The molecule has 1 fully saturated rings. The number of amides is 2. The molecule has 2 amide bonds. The van der Waals surface area contributed by atoms with Gasteiger partial charge in [-0.1, -0.05) is 51.3 Å². The van der Waals surface area contributed by atoms with E-state index in [4.69, 9.17) is 0 Å². The van der Waals surface area contributed by atoms with Crippen LogP contribution in [0.4, 0.5) is 0 Å². The summed E-state index contributed by atoms with van der Waals surface area (Å²) in [5.41, 5.74) is 1.55. The quantitative estimate of drug-likeness (QED) is 0.896. The Kier molecular flexibility index (Phi) is 5.22. The zero-order valence-electron chi connectivity index (χ0n) is 14.8. The third-order valence-electron chi connectivity index (χ3n) is 5.21. The molecule has 0 unspecified atom stereocenters. The molecule has 24 heavy (non-hydrogen) atoms. The summed E-state index contributed by atoms with van der Waals surface area (Å²) in [4.78, 5) is 27.5. The molecule has 1 aliphatic heterocycles. The van der Waals surface area contributed by atoms with E-state index >= 15 is 0 Å². The Labute approximate surface area is 144 Å². The third kappa shape index (κ3) is 3.47. The number of carbonyl (C=O) groups excluding carboxylic acids is 2. The number of nitrogens with zero attached hydrogens (tertiary/aromatic N) is 1. The third-order valence-corrected chi connectivity index (χ3v) is 5.21. The largest absolute Gasteiger partial charge is 0.351 e. The first kappa shape index (κ1) is 17.0. The van der Waals surface area contributed by atoms with Gasteiger partial charge in [0.1, 0.15) is 6.04 Å². The predicted molar refractivity (Wildman–Crippen MR) is 94.7 cm³/mol. The van der Waals surface area contributed by atoms with Crippen LogP contribution in [-0.2, 0) is 4.79 Å². The molecule has 1 N–H and O–H groups in total. The molecule has 0 spiro atoms. The first-order valence-electron chi connectivity index (χ1n) is 9.28. The summed E-state index contributed by atoms with van der Waals surface area (Å²) >= 11 is 0. The van der Waals surface area contributed by atoms with Gasteiger partial charge < -0.3 is 10.2 Å². The minimum atomic E-state index is -0.464. The molecule has 1 aromatic carbocycles. The topological polar surface area (TPSA) is 49.4 Å². The van der Waals surface area contributed by atoms with E-state index in [1.807, 2.05) is 24.3 Å². The Hall–Kier alpha value is -1.84. The molecule has 0 bridgehead atoms. The van der Waals surface area contributed by atoms with Crippen LogP contribution in [0.2, 0.25) is 0 Å². The van der Waals surface area contributed by atoms with E-state index in [2.05, 4.69) is 19.2 Å². The average Bonchev–Trinajstić information content (AvgIpc) is 2.86. The lowest BCUT2D eigenvalue weighted by Crippen LogP contribution is -2.44. The van der Waals surface area contributed by atoms with Crippen molar-refractivity contribution in [2.24, 2.45) is 5.92 Å². The molecule has 1 heterocycles. The summed E-state index contributed by atoms with van der Waals surface area (Å²) in [5.74, 6) is 0.488. The highest BCUT2D eigenvalue weighted by molar-refractivity contribution is 6.04. The first-order valence-corrected chi connectivity index (χ1v) is 9.28. The fourth-order valence-corrected chi connectivity index (χ4v) is 3.81. The molecule has 0 aromatic heterocycles. The molecule has 1 atom stereocenters. The summed E-state index contributed by atoms with van der Waals surface area (Å²) in [6.45, 7) is 4.92. The minimum Gasteiger partial charge on any atom is -0.351 e. The number of hydrogen-bond donors (Lipinski definition) is 1. The molecule has 0 radical (unpaired) electrons. The Morgan fingerprint density at radius 1 is 1.21 bits per heavy atom. The Morgan fingerprint density at radius 2 is 1.92 bits per heavy atom. The van der Waals surface area contributed by atoms with Gasteiger partial charge in [-0.15, -0.1) is 0 Å². The van der Waals surface area contributed by atoms with Crippen LogP contribution in [0.5, 0.6) is 0 Å². The molecular formula is C20H28N2O2. The minimum absolute atomic E-state index is 0.00459. The van der Waals surface area contributed by atoms with Gasteiger partial charge in [-0.3, -0.25) is 9.59 Å². The van der Waals surface area contributed by atoms with Crippen molar-refractivity contribution in [1.29, 1.82) is 0 Å². The molecule has 4 heteroatoms. The van der Waals surface area contributed by atoms with Crippen LogP contribution in [0.3, 0.4) is 0 Å². The number of hydrogen-bond acceptors (Lipinski definition) is 2. The molecule has 0 saturated heterocycles. The van der Waals surface area contributed by atoms with Crippen molar-refractivity contribution in [1.82, 2.24) is 10.2 Å². The van der Waals surface area contributed by atoms with Crippen LogP contribution >= 0.6 is 0 Å². The number of fused-ring (bicyclic) bond motifs is 1. The molecule has 3 rings (SSSR count).